The molecule has 0 saturated heterocycles. The predicted molar refractivity (Wildman–Crippen MR) is 76.6 cm³/mol. The molecule has 0 fully saturated rings. The van der Waals surface area contributed by atoms with Gasteiger partial charge in [0.15, 0.2) is 5.82 Å². The van der Waals surface area contributed by atoms with Crippen molar-refractivity contribution in [2.45, 2.75) is 19.4 Å². The Bertz CT molecular complexity index is 750. The molecule has 21 heavy (non-hydrogen) atoms. The fraction of sp³-hybridized carbons (Fsp3) is 0.200. The smallest absolute Gasteiger partial charge is 0.295 e. The molecule has 0 unspecified atom stereocenters. The number of aryl methyl sites for hydroxylation is 1. The van der Waals surface area contributed by atoms with Crippen molar-refractivity contribution in [3.05, 3.63) is 64.9 Å². The van der Waals surface area contributed by atoms with Gasteiger partial charge in [-0.2, -0.15) is 0 Å². The fourth-order valence-corrected chi connectivity index (χ4v) is 2.13. The summed E-state index contributed by atoms with van der Waals surface area (Å²) in [5.74, 6) is 0.280. The van der Waals surface area contributed by atoms with E-state index < -0.39 is 5.76 Å². The highest BCUT2D eigenvalue weighted by atomic mass is 16.5. The zero-order valence-corrected chi connectivity index (χ0v) is 11.3. The Labute approximate surface area is 121 Å². The third-order valence-corrected chi connectivity index (χ3v) is 3.14. The summed E-state index contributed by atoms with van der Waals surface area (Å²) in [4.78, 5) is 19.9. The zero-order chi connectivity index (χ0) is 14.5. The van der Waals surface area contributed by atoms with E-state index in [9.17, 15) is 4.79 Å². The summed E-state index contributed by atoms with van der Waals surface area (Å²) >= 11 is 0. The van der Waals surface area contributed by atoms with E-state index in [1.165, 1.54) is 10.1 Å². The minimum Gasteiger partial charge on any atom is -0.295 e. The van der Waals surface area contributed by atoms with Gasteiger partial charge in [0.1, 0.15) is 0 Å². The van der Waals surface area contributed by atoms with Crippen molar-refractivity contribution in [2.75, 3.05) is 0 Å². The molecule has 0 radical (unpaired) electrons. The first-order chi connectivity index (χ1) is 10.3. The number of hydrogen-bond donors (Lipinski definition) is 0. The maximum absolute atomic E-state index is 11.7. The Morgan fingerprint density at radius 1 is 1.05 bits per heavy atom. The minimum atomic E-state index is -0.481. The number of aromatic nitrogens is 4. The Morgan fingerprint density at radius 3 is 2.57 bits per heavy atom. The summed E-state index contributed by atoms with van der Waals surface area (Å²) in [6.45, 7) is 0.519. The van der Waals surface area contributed by atoms with Gasteiger partial charge in [-0.1, -0.05) is 35.5 Å². The number of nitrogens with zero attached hydrogens (tertiary/aromatic N) is 4. The van der Waals surface area contributed by atoms with Crippen LogP contribution in [0, 0.1) is 0 Å². The van der Waals surface area contributed by atoms with Crippen LogP contribution in [0.3, 0.4) is 0 Å². The maximum atomic E-state index is 11.7. The number of rotatable bonds is 5. The molecule has 2 aromatic heterocycles. The molecule has 0 bridgehead atoms. The number of hydrogen-bond acceptors (Lipinski definition) is 5. The molecule has 1 aromatic carbocycles. The molecule has 0 atom stereocenters. The Kier molecular flexibility index (Phi) is 3.86. The molecular formula is C15H14N4O2. The molecule has 2 heterocycles. The Morgan fingerprint density at radius 2 is 1.81 bits per heavy atom. The average molecular weight is 282 g/mol. The molecule has 3 rings (SSSR count). The van der Waals surface area contributed by atoms with Crippen molar-refractivity contribution in [3.63, 3.8) is 0 Å². The third-order valence-electron chi connectivity index (χ3n) is 3.14. The molecule has 3 aromatic rings. The van der Waals surface area contributed by atoms with Crippen LogP contribution in [0.1, 0.15) is 12.0 Å². The van der Waals surface area contributed by atoms with E-state index >= 15 is 0 Å². The van der Waals surface area contributed by atoms with Gasteiger partial charge in [0.25, 0.3) is 0 Å². The molecule has 0 N–H and O–H groups in total. The molecule has 0 aliphatic heterocycles. The topological polar surface area (TPSA) is 73.8 Å². The Hall–Kier alpha value is -2.76. The first-order valence-corrected chi connectivity index (χ1v) is 6.72. The summed E-state index contributed by atoms with van der Waals surface area (Å²) < 4.78 is 6.20. The van der Waals surface area contributed by atoms with Crippen LogP contribution < -0.4 is 5.76 Å². The van der Waals surface area contributed by atoms with Gasteiger partial charge >= 0.3 is 5.76 Å². The summed E-state index contributed by atoms with van der Waals surface area (Å²) in [6.07, 6.45) is 4.91. The van der Waals surface area contributed by atoms with Crippen LogP contribution in [0.5, 0.6) is 0 Å². The standard InChI is InChI=1S/C15H14N4O2/c20-15-19(11-4-8-12-6-2-1-3-7-12)14(18-21-15)13-16-9-5-10-17-13/h1-3,5-7,9-10H,4,8,11H2. The molecule has 0 spiro atoms. The summed E-state index contributed by atoms with van der Waals surface area (Å²) in [7, 11) is 0. The Balaban J connectivity index is 1.74. The van der Waals surface area contributed by atoms with E-state index in [4.69, 9.17) is 4.52 Å². The van der Waals surface area contributed by atoms with Gasteiger partial charge in [-0.15, -0.1) is 0 Å². The molecular weight excluding hydrogens is 268 g/mol. The lowest BCUT2D eigenvalue weighted by atomic mass is 10.1. The van der Waals surface area contributed by atoms with Crippen molar-refractivity contribution < 1.29 is 4.52 Å². The molecule has 6 nitrogen and oxygen atoms in total. The highest BCUT2D eigenvalue weighted by molar-refractivity contribution is 5.41. The van der Waals surface area contributed by atoms with Crippen LogP contribution in [0.15, 0.2) is 58.1 Å². The second-order valence-corrected chi connectivity index (χ2v) is 4.59. The monoisotopic (exact) mass is 282 g/mol. The van der Waals surface area contributed by atoms with Gasteiger partial charge in [0.2, 0.25) is 5.82 Å². The highest BCUT2D eigenvalue weighted by Crippen LogP contribution is 2.10. The van der Waals surface area contributed by atoms with E-state index in [2.05, 4.69) is 27.3 Å². The largest absolute Gasteiger partial charge is 0.441 e. The SMILES string of the molecule is O=c1onc(-c2ncccn2)n1CCCc1ccccc1. The first kappa shape index (κ1) is 13.2. The van der Waals surface area contributed by atoms with E-state index in [1.807, 2.05) is 18.2 Å². The lowest BCUT2D eigenvalue weighted by Crippen LogP contribution is -2.16. The van der Waals surface area contributed by atoms with Gasteiger partial charge in [-0.05, 0) is 24.5 Å². The molecule has 0 aliphatic rings. The molecule has 0 aliphatic carbocycles. The quantitative estimate of drug-likeness (QED) is 0.714. The second-order valence-electron chi connectivity index (χ2n) is 4.59. The van der Waals surface area contributed by atoms with Crippen molar-refractivity contribution in [3.8, 4) is 11.6 Å². The van der Waals surface area contributed by atoms with Crippen LogP contribution in [0.25, 0.3) is 11.6 Å². The van der Waals surface area contributed by atoms with Gasteiger partial charge in [-0.25, -0.2) is 14.8 Å². The van der Waals surface area contributed by atoms with E-state index in [1.54, 1.807) is 18.5 Å². The summed E-state index contributed by atoms with van der Waals surface area (Å²) in [5.41, 5.74) is 1.24. The third kappa shape index (κ3) is 3.05. The van der Waals surface area contributed by atoms with Crippen LogP contribution in [0.4, 0.5) is 0 Å². The van der Waals surface area contributed by atoms with E-state index in [0.717, 1.165) is 12.8 Å². The molecule has 6 heteroatoms. The van der Waals surface area contributed by atoms with Crippen LogP contribution >= 0.6 is 0 Å². The van der Waals surface area contributed by atoms with E-state index in [0.29, 0.717) is 18.2 Å². The lowest BCUT2D eigenvalue weighted by molar-refractivity contribution is 0.374. The normalized spacial score (nSPS) is 10.7. The zero-order valence-electron chi connectivity index (χ0n) is 11.3. The predicted octanol–water partition coefficient (Wildman–Crippen LogP) is 1.93. The van der Waals surface area contributed by atoms with E-state index in [-0.39, 0.29) is 0 Å². The maximum Gasteiger partial charge on any atom is 0.441 e. The fourth-order valence-electron chi connectivity index (χ4n) is 2.13. The van der Waals surface area contributed by atoms with Crippen LogP contribution in [0.2, 0.25) is 0 Å². The number of benzene rings is 1. The van der Waals surface area contributed by atoms with Crippen molar-refractivity contribution in [1.82, 2.24) is 19.7 Å². The van der Waals surface area contributed by atoms with Gasteiger partial charge in [0, 0.05) is 18.9 Å². The van der Waals surface area contributed by atoms with Crippen LogP contribution in [-0.4, -0.2) is 19.7 Å². The van der Waals surface area contributed by atoms with Gasteiger partial charge < -0.3 is 0 Å². The van der Waals surface area contributed by atoms with Crippen molar-refractivity contribution >= 4 is 0 Å². The lowest BCUT2D eigenvalue weighted by Gasteiger charge is -2.03. The highest BCUT2D eigenvalue weighted by Gasteiger charge is 2.14. The summed E-state index contributed by atoms with van der Waals surface area (Å²) in [6, 6.07) is 11.8. The first-order valence-electron chi connectivity index (χ1n) is 6.72. The molecule has 0 saturated carbocycles. The van der Waals surface area contributed by atoms with Crippen molar-refractivity contribution in [1.29, 1.82) is 0 Å². The molecule has 106 valence electrons. The molecule has 0 amide bonds. The summed E-state index contributed by atoms with van der Waals surface area (Å²) in [5, 5.41) is 3.76. The van der Waals surface area contributed by atoms with Crippen molar-refractivity contribution in [2.24, 2.45) is 0 Å². The average Bonchev–Trinajstić information content (AvgIpc) is 2.91. The van der Waals surface area contributed by atoms with Crippen LogP contribution in [-0.2, 0) is 13.0 Å². The second kappa shape index (κ2) is 6.13. The van der Waals surface area contributed by atoms with Gasteiger partial charge in [0.05, 0.1) is 0 Å². The minimum absolute atomic E-state index is 0.369. The van der Waals surface area contributed by atoms with Gasteiger partial charge in [-0.3, -0.25) is 9.09 Å².